The highest BCUT2D eigenvalue weighted by molar-refractivity contribution is 14.1. The van der Waals surface area contributed by atoms with Crippen LogP contribution in [0.5, 0.6) is 0 Å². The molecule has 2 saturated heterocycles. The highest BCUT2D eigenvalue weighted by Gasteiger charge is 2.42. The Labute approximate surface area is 91.4 Å². The zero-order valence-electron chi connectivity index (χ0n) is 7.40. The average molecular weight is 295 g/mol. The van der Waals surface area contributed by atoms with E-state index < -0.39 is 0 Å². The fourth-order valence-corrected chi connectivity index (χ4v) is 3.04. The van der Waals surface area contributed by atoms with Crippen LogP contribution in [0.1, 0.15) is 12.8 Å². The summed E-state index contributed by atoms with van der Waals surface area (Å²) in [6, 6.07) is -0.00480. The van der Waals surface area contributed by atoms with Crippen molar-refractivity contribution in [3.05, 3.63) is 0 Å². The summed E-state index contributed by atoms with van der Waals surface area (Å²) in [7, 11) is 0. The van der Waals surface area contributed by atoms with Crippen LogP contribution in [0.3, 0.4) is 0 Å². The van der Waals surface area contributed by atoms with Gasteiger partial charge >= 0.3 is 6.03 Å². The van der Waals surface area contributed by atoms with Crippen molar-refractivity contribution in [2.24, 2.45) is 0 Å². The Bertz CT molecular complexity index is 215. The second-order valence-electron chi connectivity index (χ2n) is 3.71. The third-order valence-electron chi connectivity index (χ3n) is 2.90. The molecule has 2 rings (SSSR count). The van der Waals surface area contributed by atoms with E-state index in [1.807, 2.05) is 0 Å². The van der Waals surface area contributed by atoms with Crippen LogP contribution in [-0.2, 0) is 0 Å². The summed E-state index contributed by atoms with van der Waals surface area (Å²) in [6.45, 7) is 2.83. The predicted molar refractivity (Wildman–Crippen MR) is 59.2 cm³/mol. The number of halogens is 1. The van der Waals surface area contributed by atoms with Crippen molar-refractivity contribution in [3.63, 3.8) is 0 Å². The molecule has 0 saturated carbocycles. The Morgan fingerprint density at radius 3 is 2.77 bits per heavy atom. The van der Waals surface area contributed by atoms with Crippen molar-refractivity contribution in [2.45, 2.75) is 22.3 Å². The molecule has 74 valence electrons. The van der Waals surface area contributed by atoms with Crippen LogP contribution < -0.4 is 16.0 Å². The number of hydrogen-bond acceptors (Lipinski definition) is 2. The summed E-state index contributed by atoms with van der Waals surface area (Å²) in [4.78, 5) is 11.2. The van der Waals surface area contributed by atoms with E-state index in [0.717, 1.165) is 32.5 Å². The number of amides is 2. The van der Waals surface area contributed by atoms with E-state index in [1.54, 1.807) is 0 Å². The number of piperidine rings is 1. The number of nitrogens with one attached hydrogen (secondary N) is 3. The first-order chi connectivity index (χ1) is 6.23. The zero-order valence-corrected chi connectivity index (χ0v) is 9.56. The molecule has 2 amide bonds. The van der Waals surface area contributed by atoms with Crippen LogP contribution in [0.25, 0.3) is 0 Å². The van der Waals surface area contributed by atoms with Crippen molar-refractivity contribution >= 4 is 28.6 Å². The van der Waals surface area contributed by atoms with Gasteiger partial charge in [0.25, 0.3) is 0 Å². The van der Waals surface area contributed by atoms with Gasteiger partial charge < -0.3 is 16.0 Å². The van der Waals surface area contributed by atoms with E-state index >= 15 is 0 Å². The third kappa shape index (κ3) is 1.76. The standard InChI is InChI=1S/C8H14IN3O/c9-6-5-11-7(13)12-8(6)1-3-10-4-2-8/h6,10H,1-5H2,(H2,11,12,13). The SMILES string of the molecule is O=C1NCC(I)C2(CCNCC2)N1. The molecule has 2 aliphatic rings. The number of urea groups is 1. The average Bonchev–Trinajstić information content (AvgIpc) is 2.14. The smallest absolute Gasteiger partial charge is 0.315 e. The molecule has 4 nitrogen and oxygen atoms in total. The Kier molecular flexibility index (Phi) is 2.64. The van der Waals surface area contributed by atoms with Gasteiger partial charge in [-0.2, -0.15) is 0 Å². The molecule has 0 aromatic carbocycles. The molecule has 0 aromatic heterocycles. The van der Waals surface area contributed by atoms with Crippen LogP contribution >= 0.6 is 22.6 Å². The van der Waals surface area contributed by atoms with Gasteiger partial charge in [0.1, 0.15) is 0 Å². The monoisotopic (exact) mass is 295 g/mol. The Balaban J connectivity index is 2.11. The quantitative estimate of drug-likeness (QED) is 0.442. The van der Waals surface area contributed by atoms with Crippen LogP contribution in [0.15, 0.2) is 0 Å². The molecule has 1 spiro atoms. The molecule has 13 heavy (non-hydrogen) atoms. The Hall–Kier alpha value is -0.0400. The summed E-state index contributed by atoms with van der Waals surface area (Å²) in [6.07, 6.45) is 2.10. The topological polar surface area (TPSA) is 53.2 Å². The van der Waals surface area contributed by atoms with Gasteiger partial charge in [0.2, 0.25) is 0 Å². The van der Waals surface area contributed by atoms with E-state index in [9.17, 15) is 4.79 Å². The minimum atomic E-state index is -0.00480. The summed E-state index contributed by atoms with van der Waals surface area (Å²) in [5.41, 5.74) is 0.0497. The highest BCUT2D eigenvalue weighted by Crippen LogP contribution is 2.29. The maximum absolute atomic E-state index is 11.2. The molecule has 2 fully saturated rings. The first-order valence-corrected chi connectivity index (χ1v) is 5.88. The van der Waals surface area contributed by atoms with Gasteiger partial charge in [0.05, 0.1) is 9.46 Å². The number of rotatable bonds is 0. The van der Waals surface area contributed by atoms with Gasteiger partial charge in [-0.3, -0.25) is 0 Å². The Morgan fingerprint density at radius 2 is 2.08 bits per heavy atom. The van der Waals surface area contributed by atoms with Gasteiger partial charge in [-0.05, 0) is 25.9 Å². The van der Waals surface area contributed by atoms with Gasteiger partial charge in [0, 0.05) is 6.54 Å². The van der Waals surface area contributed by atoms with E-state index in [4.69, 9.17) is 0 Å². The lowest BCUT2D eigenvalue weighted by atomic mass is 9.84. The lowest BCUT2D eigenvalue weighted by Crippen LogP contribution is -2.67. The molecule has 3 N–H and O–H groups in total. The van der Waals surface area contributed by atoms with Crippen molar-refractivity contribution in [1.29, 1.82) is 0 Å². The molecule has 0 bridgehead atoms. The van der Waals surface area contributed by atoms with Crippen molar-refractivity contribution in [3.8, 4) is 0 Å². The van der Waals surface area contributed by atoms with Crippen LogP contribution in [-0.4, -0.2) is 35.1 Å². The van der Waals surface area contributed by atoms with Crippen LogP contribution in [0.4, 0.5) is 4.79 Å². The molecule has 5 heteroatoms. The fraction of sp³-hybridized carbons (Fsp3) is 0.875. The third-order valence-corrected chi connectivity index (χ3v) is 4.53. The molecule has 0 aromatic rings. The summed E-state index contributed by atoms with van der Waals surface area (Å²) in [5.74, 6) is 0. The first kappa shape index (κ1) is 9.51. The van der Waals surface area contributed by atoms with Gasteiger partial charge in [-0.25, -0.2) is 4.79 Å². The number of carbonyl (C=O) groups excluding carboxylic acids is 1. The molecular formula is C8H14IN3O. The second kappa shape index (κ2) is 3.61. The lowest BCUT2D eigenvalue weighted by molar-refractivity contribution is 0.190. The van der Waals surface area contributed by atoms with E-state index in [1.165, 1.54) is 0 Å². The number of carbonyl (C=O) groups is 1. The largest absolute Gasteiger partial charge is 0.337 e. The molecular weight excluding hydrogens is 281 g/mol. The maximum Gasteiger partial charge on any atom is 0.315 e. The van der Waals surface area contributed by atoms with E-state index in [0.29, 0.717) is 3.92 Å². The van der Waals surface area contributed by atoms with Crippen molar-refractivity contribution in [1.82, 2.24) is 16.0 Å². The second-order valence-corrected chi connectivity index (χ2v) is 5.21. The van der Waals surface area contributed by atoms with Crippen molar-refractivity contribution < 1.29 is 4.79 Å². The van der Waals surface area contributed by atoms with Crippen LogP contribution in [0, 0.1) is 0 Å². The minimum absolute atomic E-state index is 0.00480. The normalized spacial score (nSPS) is 32.4. The van der Waals surface area contributed by atoms with E-state index in [2.05, 4.69) is 38.5 Å². The summed E-state index contributed by atoms with van der Waals surface area (Å²) >= 11 is 2.43. The zero-order chi connectivity index (χ0) is 9.31. The van der Waals surface area contributed by atoms with E-state index in [-0.39, 0.29) is 11.6 Å². The van der Waals surface area contributed by atoms with Crippen molar-refractivity contribution in [2.75, 3.05) is 19.6 Å². The molecule has 1 unspecified atom stereocenters. The fourth-order valence-electron chi connectivity index (χ4n) is 2.04. The molecule has 2 aliphatic heterocycles. The predicted octanol–water partition coefficient (Wildman–Crippen LogP) is 0.225. The first-order valence-electron chi connectivity index (χ1n) is 4.64. The lowest BCUT2D eigenvalue weighted by Gasteiger charge is -2.45. The molecule has 0 aliphatic carbocycles. The number of alkyl halides is 1. The highest BCUT2D eigenvalue weighted by atomic mass is 127. The summed E-state index contributed by atoms with van der Waals surface area (Å²) < 4.78 is 0.505. The van der Waals surface area contributed by atoms with Gasteiger partial charge in [-0.1, -0.05) is 22.6 Å². The summed E-state index contributed by atoms with van der Waals surface area (Å²) in [5, 5.41) is 9.23. The molecule has 1 atom stereocenters. The molecule has 0 radical (unpaired) electrons. The minimum Gasteiger partial charge on any atom is -0.337 e. The van der Waals surface area contributed by atoms with Crippen LogP contribution in [0.2, 0.25) is 0 Å². The molecule has 2 heterocycles. The maximum atomic E-state index is 11.2. The number of hydrogen-bond donors (Lipinski definition) is 3. The van der Waals surface area contributed by atoms with Gasteiger partial charge in [-0.15, -0.1) is 0 Å². The van der Waals surface area contributed by atoms with Gasteiger partial charge in [0.15, 0.2) is 0 Å². The Morgan fingerprint density at radius 1 is 1.38 bits per heavy atom.